The third-order valence-corrected chi connectivity index (χ3v) is 4.54. The van der Waals surface area contributed by atoms with Crippen LogP contribution >= 0.6 is 11.3 Å². The summed E-state index contributed by atoms with van der Waals surface area (Å²) in [5.74, 6) is 1.79. The standard InChI is InChI=1S/C17H15NOS/c1-2-4-16-15(3-1)18-17(20-16)19-14-9-7-13(8-10-14)11-12-5-6-12/h1-4,7-10,12H,5-6,11H2. The zero-order chi connectivity index (χ0) is 13.4. The normalized spacial score (nSPS) is 14.6. The third-order valence-electron chi connectivity index (χ3n) is 3.62. The predicted molar refractivity (Wildman–Crippen MR) is 82.6 cm³/mol. The van der Waals surface area contributed by atoms with Crippen molar-refractivity contribution in [3.63, 3.8) is 0 Å². The predicted octanol–water partition coefficient (Wildman–Crippen LogP) is 5.04. The molecule has 0 saturated heterocycles. The maximum Gasteiger partial charge on any atom is 0.279 e. The molecular weight excluding hydrogens is 266 g/mol. The molecule has 1 fully saturated rings. The Balaban J connectivity index is 1.52. The highest BCUT2D eigenvalue weighted by Gasteiger charge is 2.21. The van der Waals surface area contributed by atoms with E-state index >= 15 is 0 Å². The van der Waals surface area contributed by atoms with Crippen molar-refractivity contribution in [2.75, 3.05) is 0 Å². The number of hydrogen-bond acceptors (Lipinski definition) is 3. The number of aromatic nitrogens is 1. The minimum absolute atomic E-state index is 0.709. The Bertz CT molecular complexity index is 695. The molecule has 1 aromatic heterocycles. The van der Waals surface area contributed by atoms with Crippen LogP contribution in [0.15, 0.2) is 48.5 Å². The Labute approximate surface area is 122 Å². The van der Waals surface area contributed by atoms with Crippen molar-refractivity contribution in [2.45, 2.75) is 19.3 Å². The Kier molecular flexibility index (Phi) is 2.92. The van der Waals surface area contributed by atoms with Crippen LogP contribution in [0.5, 0.6) is 10.9 Å². The van der Waals surface area contributed by atoms with Crippen LogP contribution in [-0.2, 0) is 6.42 Å². The largest absolute Gasteiger partial charge is 0.431 e. The van der Waals surface area contributed by atoms with Crippen LogP contribution in [0.1, 0.15) is 18.4 Å². The van der Waals surface area contributed by atoms with Gasteiger partial charge in [-0.15, -0.1) is 0 Å². The lowest BCUT2D eigenvalue weighted by Gasteiger charge is -2.03. The minimum atomic E-state index is 0.709. The maximum absolute atomic E-state index is 5.85. The summed E-state index contributed by atoms with van der Waals surface area (Å²) in [4.78, 5) is 4.49. The minimum Gasteiger partial charge on any atom is -0.431 e. The van der Waals surface area contributed by atoms with E-state index in [1.54, 1.807) is 11.3 Å². The van der Waals surface area contributed by atoms with Gasteiger partial charge >= 0.3 is 0 Å². The van der Waals surface area contributed by atoms with Gasteiger partial charge in [-0.3, -0.25) is 0 Å². The van der Waals surface area contributed by atoms with E-state index in [-0.39, 0.29) is 0 Å². The molecule has 0 unspecified atom stereocenters. The fraction of sp³-hybridized carbons (Fsp3) is 0.235. The molecule has 1 aliphatic carbocycles. The zero-order valence-electron chi connectivity index (χ0n) is 11.1. The first-order valence-corrected chi connectivity index (χ1v) is 7.81. The van der Waals surface area contributed by atoms with Crippen LogP contribution < -0.4 is 4.74 Å². The van der Waals surface area contributed by atoms with Gasteiger partial charge in [-0.1, -0.05) is 35.6 Å². The van der Waals surface area contributed by atoms with Crippen molar-refractivity contribution in [1.29, 1.82) is 0 Å². The van der Waals surface area contributed by atoms with Gasteiger partial charge in [0.1, 0.15) is 5.75 Å². The average Bonchev–Trinajstić information content (AvgIpc) is 3.18. The number of hydrogen-bond donors (Lipinski definition) is 0. The lowest BCUT2D eigenvalue weighted by atomic mass is 10.1. The topological polar surface area (TPSA) is 22.1 Å². The molecule has 0 N–H and O–H groups in total. The summed E-state index contributed by atoms with van der Waals surface area (Å²) < 4.78 is 7.01. The molecule has 0 amide bonds. The lowest BCUT2D eigenvalue weighted by Crippen LogP contribution is -1.87. The second-order valence-electron chi connectivity index (χ2n) is 5.34. The van der Waals surface area contributed by atoms with Gasteiger partial charge in [0.25, 0.3) is 5.19 Å². The van der Waals surface area contributed by atoms with Gasteiger partial charge < -0.3 is 4.74 Å². The number of ether oxygens (including phenoxy) is 1. The van der Waals surface area contributed by atoms with E-state index in [0.717, 1.165) is 21.9 Å². The highest BCUT2D eigenvalue weighted by Crippen LogP contribution is 2.34. The summed E-state index contributed by atoms with van der Waals surface area (Å²) in [5.41, 5.74) is 2.40. The second kappa shape index (κ2) is 4.91. The molecule has 2 nitrogen and oxygen atoms in total. The summed E-state index contributed by atoms with van der Waals surface area (Å²) >= 11 is 1.58. The first-order chi connectivity index (χ1) is 9.87. The first kappa shape index (κ1) is 11.9. The van der Waals surface area contributed by atoms with Crippen molar-refractivity contribution in [3.05, 3.63) is 54.1 Å². The number of para-hydroxylation sites is 1. The SMILES string of the molecule is c1ccc2sc(Oc3ccc(CC4CC4)cc3)nc2c1. The fourth-order valence-corrected chi connectivity index (χ4v) is 3.18. The van der Waals surface area contributed by atoms with Gasteiger partial charge in [0.15, 0.2) is 0 Å². The molecule has 100 valence electrons. The molecule has 0 aliphatic heterocycles. The van der Waals surface area contributed by atoms with Crippen molar-refractivity contribution in [3.8, 4) is 10.9 Å². The molecule has 1 heterocycles. The Morgan fingerprint density at radius 3 is 2.60 bits per heavy atom. The summed E-state index contributed by atoms with van der Waals surface area (Å²) in [6.45, 7) is 0. The van der Waals surface area contributed by atoms with Crippen molar-refractivity contribution in [2.24, 2.45) is 5.92 Å². The van der Waals surface area contributed by atoms with Crippen LogP contribution in [0, 0.1) is 5.92 Å². The number of nitrogens with zero attached hydrogens (tertiary/aromatic N) is 1. The molecule has 1 saturated carbocycles. The van der Waals surface area contributed by atoms with E-state index < -0.39 is 0 Å². The molecule has 3 heteroatoms. The van der Waals surface area contributed by atoms with E-state index in [9.17, 15) is 0 Å². The quantitative estimate of drug-likeness (QED) is 0.668. The molecule has 20 heavy (non-hydrogen) atoms. The number of fused-ring (bicyclic) bond motifs is 1. The van der Waals surface area contributed by atoms with Crippen molar-refractivity contribution < 1.29 is 4.74 Å². The molecule has 0 spiro atoms. The average molecular weight is 281 g/mol. The molecule has 0 radical (unpaired) electrons. The Morgan fingerprint density at radius 1 is 1.05 bits per heavy atom. The van der Waals surface area contributed by atoms with Crippen molar-refractivity contribution >= 4 is 21.6 Å². The van der Waals surface area contributed by atoms with Crippen LogP contribution in [0.25, 0.3) is 10.2 Å². The molecule has 3 aromatic rings. The molecule has 0 atom stereocenters. The molecular formula is C17H15NOS. The summed E-state index contributed by atoms with van der Waals surface area (Å²) in [5, 5.41) is 0.709. The number of rotatable bonds is 4. The fourth-order valence-electron chi connectivity index (χ4n) is 2.34. The highest BCUT2D eigenvalue weighted by atomic mass is 32.1. The van der Waals surface area contributed by atoms with Crippen LogP contribution in [0.3, 0.4) is 0 Å². The van der Waals surface area contributed by atoms with Crippen LogP contribution in [0.2, 0.25) is 0 Å². The van der Waals surface area contributed by atoms with Gasteiger partial charge in [-0.2, -0.15) is 0 Å². The van der Waals surface area contributed by atoms with E-state index in [0.29, 0.717) is 5.19 Å². The third kappa shape index (κ3) is 2.54. The van der Waals surface area contributed by atoms with Crippen LogP contribution in [0.4, 0.5) is 0 Å². The number of benzene rings is 2. The highest BCUT2D eigenvalue weighted by molar-refractivity contribution is 7.20. The van der Waals surface area contributed by atoms with Crippen LogP contribution in [-0.4, -0.2) is 4.98 Å². The maximum atomic E-state index is 5.85. The monoisotopic (exact) mass is 281 g/mol. The smallest absolute Gasteiger partial charge is 0.279 e. The molecule has 4 rings (SSSR count). The van der Waals surface area contributed by atoms with Gasteiger partial charge in [0.05, 0.1) is 10.2 Å². The summed E-state index contributed by atoms with van der Waals surface area (Å²) in [6, 6.07) is 16.5. The Morgan fingerprint density at radius 2 is 1.85 bits per heavy atom. The lowest BCUT2D eigenvalue weighted by molar-refractivity contribution is 0.480. The zero-order valence-corrected chi connectivity index (χ0v) is 11.9. The van der Waals surface area contributed by atoms with Crippen molar-refractivity contribution in [1.82, 2.24) is 4.98 Å². The van der Waals surface area contributed by atoms with Gasteiger partial charge in [-0.05, 0) is 55.0 Å². The number of thiazole rings is 1. The molecule has 0 bridgehead atoms. The van der Waals surface area contributed by atoms with Gasteiger partial charge in [0, 0.05) is 0 Å². The van der Waals surface area contributed by atoms with Gasteiger partial charge in [0.2, 0.25) is 0 Å². The molecule has 2 aromatic carbocycles. The Hall–Kier alpha value is -1.87. The van der Waals surface area contributed by atoms with E-state index in [4.69, 9.17) is 4.74 Å². The summed E-state index contributed by atoms with van der Waals surface area (Å²) in [7, 11) is 0. The van der Waals surface area contributed by atoms with E-state index in [2.05, 4.69) is 23.2 Å². The first-order valence-electron chi connectivity index (χ1n) is 6.99. The van der Waals surface area contributed by atoms with E-state index in [1.165, 1.54) is 24.8 Å². The van der Waals surface area contributed by atoms with Gasteiger partial charge in [-0.25, -0.2) is 4.98 Å². The van der Waals surface area contributed by atoms with E-state index in [1.807, 2.05) is 30.3 Å². The summed E-state index contributed by atoms with van der Waals surface area (Å²) in [6.07, 6.45) is 4.00. The second-order valence-corrected chi connectivity index (χ2v) is 6.33. The molecule has 1 aliphatic rings.